The topological polar surface area (TPSA) is 75.6 Å². The van der Waals surface area contributed by atoms with E-state index in [1.54, 1.807) is 7.11 Å². The number of rotatable bonds is 8. The highest BCUT2D eigenvalue weighted by molar-refractivity contribution is 5.88. The van der Waals surface area contributed by atoms with E-state index in [1.807, 2.05) is 6.92 Å². The second-order valence-corrected chi connectivity index (χ2v) is 5.03. The maximum absolute atomic E-state index is 12.2. The van der Waals surface area contributed by atoms with Crippen LogP contribution in [-0.2, 0) is 14.3 Å². The van der Waals surface area contributed by atoms with E-state index in [0.29, 0.717) is 19.4 Å². The Morgan fingerprint density at radius 1 is 1.44 bits per heavy atom. The van der Waals surface area contributed by atoms with Gasteiger partial charge < -0.3 is 15.2 Å². The molecule has 1 aliphatic rings. The predicted molar refractivity (Wildman–Crippen MR) is 67.3 cm³/mol. The normalized spacial score (nSPS) is 18.8. The summed E-state index contributed by atoms with van der Waals surface area (Å²) in [7, 11) is 1.61. The third kappa shape index (κ3) is 3.45. The molecule has 18 heavy (non-hydrogen) atoms. The lowest BCUT2D eigenvalue weighted by atomic mass is 9.66. The first kappa shape index (κ1) is 15.0. The molecule has 1 rings (SSSR count). The van der Waals surface area contributed by atoms with Crippen molar-refractivity contribution in [1.82, 2.24) is 5.32 Å². The van der Waals surface area contributed by atoms with Gasteiger partial charge >= 0.3 is 5.97 Å². The minimum absolute atomic E-state index is 0.119. The molecule has 0 spiro atoms. The van der Waals surface area contributed by atoms with Crippen LogP contribution in [0, 0.1) is 5.41 Å². The SMILES string of the molecule is CCCC(NC(=O)C1(CCOC)CCC1)C(=O)O. The molecule has 1 fully saturated rings. The molecule has 1 aliphatic carbocycles. The molecule has 1 saturated carbocycles. The Hall–Kier alpha value is -1.10. The number of hydrogen-bond acceptors (Lipinski definition) is 3. The van der Waals surface area contributed by atoms with Crippen LogP contribution in [-0.4, -0.2) is 36.7 Å². The highest BCUT2D eigenvalue weighted by Crippen LogP contribution is 2.44. The molecule has 0 saturated heterocycles. The fraction of sp³-hybridized carbons (Fsp3) is 0.846. The third-order valence-corrected chi connectivity index (χ3v) is 3.76. The van der Waals surface area contributed by atoms with Crippen LogP contribution >= 0.6 is 0 Å². The molecule has 2 N–H and O–H groups in total. The number of carboxylic acid groups (broad SMARTS) is 1. The number of carbonyl (C=O) groups is 2. The molecule has 0 aromatic carbocycles. The largest absolute Gasteiger partial charge is 0.480 e. The lowest BCUT2D eigenvalue weighted by Gasteiger charge is -2.40. The summed E-state index contributed by atoms with van der Waals surface area (Å²) in [5.74, 6) is -1.07. The van der Waals surface area contributed by atoms with Crippen molar-refractivity contribution in [2.45, 2.75) is 51.5 Å². The number of nitrogens with one attached hydrogen (secondary N) is 1. The number of amides is 1. The van der Waals surface area contributed by atoms with E-state index in [-0.39, 0.29) is 5.91 Å². The number of hydrogen-bond donors (Lipinski definition) is 2. The summed E-state index contributed by atoms with van der Waals surface area (Å²) in [6, 6.07) is -0.762. The highest BCUT2D eigenvalue weighted by Gasteiger charge is 2.44. The fourth-order valence-corrected chi connectivity index (χ4v) is 2.35. The van der Waals surface area contributed by atoms with Gasteiger partial charge in [-0.2, -0.15) is 0 Å². The van der Waals surface area contributed by atoms with Crippen LogP contribution in [0.1, 0.15) is 45.4 Å². The highest BCUT2D eigenvalue weighted by atomic mass is 16.5. The minimum Gasteiger partial charge on any atom is -0.480 e. The predicted octanol–water partition coefficient (Wildman–Crippen LogP) is 1.56. The third-order valence-electron chi connectivity index (χ3n) is 3.76. The first-order valence-electron chi connectivity index (χ1n) is 6.58. The Kier molecular flexibility index (Phi) is 5.59. The standard InChI is InChI=1S/C13H23NO4/c1-3-5-10(11(15)16)14-12(17)13(6-4-7-13)8-9-18-2/h10H,3-9H2,1-2H3,(H,14,17)(H,15,16). The smallest absolute Gasteiger partial charge is 0.326 e. The second-order valence-electron chi connectivity index (χ2n) is 5.03. The van der Waals surface area contributed by atoms with Gasteiger partial charge in [-0.3, -0.25) is 4.79 Å². The molecule has 0 aliphatic heterocycles. The molecule has 104 valence electrons. The minimum atomic E-state index is -0.952. The van der Waals surface area contributed by atoms with Crippen LogP contribution in [0.15, 0.2) is 0 Å². The van der Waals surface area contributed by atoms with E-state index < -0.39 is 17.4 Å². The van der Waals surface area contributed by atoms with Gasteiger partial charge in [0.1, 0.15) is 6.04 Å². The molecule has 1 atom stereocenters. The van der Waals surface area contributed by atoms with Crippen molar-refractivity contribution < 1.29 is 19.4 Å². The zero-order chi connectivity index (χ0) is 13.6. The zero-order valence-electron chi connectivity index (χ0n) is 11.2. The lowest BCUT2D eigenvalue weighted by molar-refractivity contribution is -0.146. The number of carboxylic acids is 1. The molecule has 0 aromatic heterocycles. The van der Waals surface area contributed by atoms with E-state index in [2.05, 4.69) is 5.32 Å². The second kappa shape index (κ2) is 6.73. The van der Waals surface area contributed by atoms with Gasteiger partial charge in [-0.15, -0.1) is 0 Å². The molecule has 0 aromatic rings. The van der Waals surface area contributed by atoms with Crippen molar-refractivity contribution in [3.63, 3.8) is 0 Å². The summed E-state index contributed by atoms with van der Waals surface area (Å²) in [6.45, 7) is 2.45. The number of ether oxygens (including phenoxy) is 1. The van der Waals surface area contributed by atoms with Crippen molar-refractivity contribution in [2.75, 3.05) is 13.7 Å². The van der Waals surface area contributed by atoms with Gasteiger partial charge in [0.25, 0.3) is 0 Å². The number of carbonyl (C=O) groups excluding carboxylic acids is 1. The van der Waals surface area contributed by atoms with Crippen LogP contribution in [0.25, 0.3) is 0 Å². The summed E-state index contributed by atoms with van der Waals surface area (Å²) in [4.78, 5) is 23.2. The van der Waals surface area contributed by atoms with Gasteiger partial charge in [0.2, 0.25) is 5.91 Å². The average molecular weight is 257 g/mol. The molecule has 1 unspecified atom stereocenters. The van der Waals surface area contributed by atoms with Gasteiger partial charge in [-0.25, -0.2) is 4.79 Å². The van der Waals surface area contributed by atoms with Crippen molar-refractivity contribution >= 4 is 11.9 Å². The maximum atomic E-state index is 12.2. The summed E-state index contributed by atoms with van der Waals surface area (Å²) in [5, 5.41) is 11.7. The quantitative estimate of drug-likeness (QED) is 0.692. The summed E-state index contributed by atoms with van der Waals surface area (Å²) in [6.07, 6.45) is 4.58. The van der Waals surface area contributed by atoms with Crippen LogP contribution in [0.3, 0.4) is 0 Å². The van der Waals surface area contributed by atoms with E-state index >= 15 is 0 Å². The van der Waals surface area contributed by atoms with Crippen molar-refractivity contribution in [1.29, 1.82) is 0 Å². The van der Waals surface area contributed by atoms with Gasteiger partial charge in [0.15, 0.2) is 0 Å². The zero-order valence-corrected chi connectivity index (χ0v) is 11.2. The lowest BCUT2D eigenvalue weighted by Crippen LogP contribution is -2.51. The summed E-state index contributed by atoms with van der Waals surface area (Å²) in [5.41, 5.74) is -0.391. The van der Waals surface area contributed by atoms with Gasteiger partial charge in [0.05, 0.1) is 5.41 Å². The summed E-state index contributed by atoms with van der Waals surface area (Å²) < 4.78 is 5.03. The van der Waals surface area contributed by atoms with Gasteiger partial charge in [-0.05, 0) is 25.7 Å². The molecule has 5 nitrogen and oxygen atoms in total. The van der Waals surface area contributed by atoms with Crippen molar-refractivity contribution in [3.05, 3.63) is 0 Å². The average Bonchev–Trinajstić information content (AvgIpc) is 2.27. The Morgan fingerprint density at radius 2 is 2.11 bits per heavy atom. The van der Waals surface area contributed by atoms with E-state index in [4.69, 9.17) is 9.84 Å². The van der Waals surface area contributed by atoms with E-state index in [1.165, 1.54) is 0 Å². The fourth-order valence-electron chi connectivity index (χ4n) is 2.35. The Bertz CT molecular complexity index is 299. The first-order valence-corrected chi connectivity index (χ1v) is 6.58. The number of methoxy groups -OCH3 is 1. The molecule has 0 bridgehead atoms. The monoisotopic (exact) mass is 257 g/mol. The molecule has 1 amide bonds. The molecule has 0 heterocycles. The van der Waals surface area contributed by atoms with Gasteiger partial charge in [-0.1, -0.05) is 19.8 Å². The van der Waals surface area contributed by atoms with E-state index in [9.17, 15) is 9.59 Å². The van der Waals surface area contributed by atoms with Crippen LogP contribution in [0.5, 0.6) is 0 Å². The Balaban J connectivity index is 2.58. The molecular weight excluding hydrogens is 234 g/mol. The van der Waals surface area contributed by atoms with Crippen molar-refractivity contribution in [2.24, 2.45) is 5.41 Å². The summed E-state index contributed by atoms with van der Waals surface area (Å²) >= 11 is 0. The Morgan fingerprint density at radius 3 is 2.50 bits per heavy atom. The first-order chi connectivity index (χ1) is 8.55. The van der Waals surface area contributed by atoms with Crippen molar-refractivity contribution in [3.8, 4) is 0 Å². The van der Waals surface area contributed by atoms with Crippen LogP contribution in [0.4, 0.5) is 0 Å². The van der Waals surface area contributed by atoms with Crippen LogP contribution < -0.4 is 5.32 Å². The number of aliphatic carboxylic acids is 1. The van der Waals surface area contributed by atoms with Gasteiger partial charge in [0, 0.05) is 13.7 Å². The maximum Gasteiger partial charge on any atom is 0.326 e. The molecule has 5 heteroatoms. The molecular formula is C13H23NO4. The Labute approximate surface area is 108 Å². The molecule has 0 radical (unpaired) electrons. The van der Waals surface area contributed by atoms with Crippen LogP contribution in [0.2, 0.25) is 0 Å². The van der Waals surface area contributed by atoms with E-state index in [0.717, 1.165) is 25.7 Å².